The third kappa shape index (κ3) is 3.04. The highest BCUT2D eigenvalue weighted by atomic mass is 19.4. The molecule has 136 valence electrons. The third-order valence-electron chi connectivity index (χ3n) is 4.59. The molecule has 2 atom stereocenters. The first kappa shape index (κ1) is 17.5. The molecule has 2 unspecified atom stereocenters. The summed E-state index contributed by atoms with van der Waals surface area (Å²) in [6, 6.07) is 5.27. The molecular formula is C16H17F3N2O4. The van der Waals surface area contributed by atoms with E-state index in [-0.39, 0.29) is 18.5 Å². The van der Waals surface area contributed by atoms with Crippen molar-refractivity contribution in [1.82, 2.24) is 4.90 Å². The third-order valence-corrected chi connectivity index (χ3v) is 4.59. The summed E-state index contributed by atoms with van der Waals surface area (Å²) in [6.07, 6.45) is -4.56. The minimum absolute atomic E-state index is 0.0648. The summed E-state index contributed by atoms with van der Waals surface area (Å²) in [5, 5.41) is 0. The van der Waals surface area contributed by atoms with E-state index in [4.69, 9.17) is 10.5 Å². The maximum Gasteiger partial charge on any atom is 0.573 e. The number of alkyl halides is 3. The largest absolute Gasteiger partial charge is 0.573 e. The highest BCUT2D eigenvalue weighted by Crippen LogP contribution is 2.44. The SMILES string of the molecule is NC(=O)C1(c2ccccc2OC(F)(F)F)CCCN1C(=O)C1CCO1. The van der Waals surface area contributed by atoms with E-state index in [1.165, 1.54) is 23.1 Å². The van der Waals surface area contributed by atoms with E-state index < -0.39 is 35.6 Å². The van der Waals surface area contributed by atoms with Crippen LogP contribution in [0.15, 0.2) is 24.3 Å². The summed E-state index contributed by atoms with van der Waals surface area (Å²) in [5.74, 6) is -1.87. The Hall–Kier alpha value is -2.29. The number of rotatable bonds is 4. The summed E-state index contributed by atoms with van der Waals surface area (Å²) in [6.45, 7) is 0.642. The number of para-hydroxylation sites is 1. The predicted molar refractivity (Wildman–Crippen MR) is 79.3 cm³/mol. The Labute approximate surface area is 141 Å². The molecule has 2 heterocycles. The van der Waals surface area contributed by atoms with Gasteiger partial charge in [-0.2, -0.15) is 0 Å². The van der Waals surface area contributed by atoms with Crippen LogP contribution < -0.4 is 10.5 Å². The van der Waals surface area contributed by atoms with Crippen LogP contribution in [0.25, 0.3) is 0 Å². The van der Waals surface area contributed by atoms with E-state index in [0.717, 1.165) is 6.07 Å². The van der Waals surface area contributed by atoms with Gasteiger partial charge in [0.15, 0.2) is 5.54 Å². The molecular weight excluding hydrogens is 341 g/mol. The molecule has 1 aromatic rings. The van der Waals surface area contributed by atoms with Crippen molar-refractivity contribution in [1.29, 1.82) is 0 Å². The highest BCUT2D eigenvalue weighted by Gasteiger charge is 2.53. The number of likely N-dealkylation sites (tertiary alicyclic amines) is 1. The molecule has 0 radical (unpaired) electrons. The van der Waals surface area contributed by atoms with Crippen molar-refractivity contribution in [2.45, 2.75) is 37.3 Å². The topological polar surface area (TPSA) is 81.9 Å². The molecule has 9 heteroatoms. The van der Waals surface area contributed by atoms with Gasteiger partial charge in [0.2, 0.25) is 5.91 Å². The molecule has 25 heavy (non-hydrogen) atoms. The number of primary amides is 1. The number of hydrogen-bond acceptors (Lipinski definition) is 4. The van der Waals surface area contributed by atoms with Gasteiger partial charge in [-0.15, -0.1) is 13.2 Å². The lowest BCUT2D eigenvalue weighted by Crippen LogP contribution is -2.57. The van der Waals surface area contributed by atoms with Crippen molar-refractivity contribution in [2.24, 2.45) is 5.73 Å². The molecule has 2 N–H and O–H groups in total. The van der Waals surface area contributed by atoms with Gasteiger partial charge in [-0.25, -0.2) is 0 Å². The summed E-state index contributed by atoms with van der Waals surface area (Å²) >= 11 is 0. The molecule has 0 spiro atoms. The first-order valence-corrected chi connectivity index (χ1v) is 7.84. The van der Waals surface area contributed by atoms with Gasteiger partial charge in [-0.3, -0.25) is 9.59 Å². The molecule has 6 nitrogen and oxygen atoms in total. The summed E-state index contributed by atoms with van der Waals surface area (Å²) in [4.78, 5) is 26.2. The maximum atomic E-state index is 12.7. The number of ether oxygens (including phenoxy) is 2. The van der Waals surface area contributed by atoms with E-state index in [0.29, 0.717) is 19.4 Å². The monoisotopic (exact) mass is 358 g/mol. The average Bonchev–Trinajstić information content (AvgIpc) is 2.90. The van der Waals surface area contributed by atoms with Crippen LogP contribution in [0.2, 0.25) is 0 Å². The number of carbonyl (C=O) groups excluding carboxylic acids is 2. The number of hydrogen-bond donors (Lipinski definition) is 1. The van der Waals surface area contributed by atoms with Crippen molar-refractivity contribution >= 4 is 11.8 Å². The minimum atomic E-state index is -4.93. The zero-order valence-electron chi connectivity index (χ0n) is 13.2. The van der Waals surface area contributed by atoms with Crippen molar-refractivity contribution < 1.29 is 32.2 Å². The fourth-order valence-corrected chi connectivity index (χ4v) is 3.41. The van der Waals surface area contributed by atoms with Crippen molar-refractivity contribution in [2.75, 3.05) is 13.2 Å². The highest BCUT2D eigenvalue weighted by molar-refractivity contribution is 5.94. The number of nitrogens with zero attached hydrogens (tertiary/aromatic N) is 1. The Bertz CT molecular complexity index is 690. The standard InChI is InChI=1S/C16H17F3N2O4/c17-16(18,19)25-11-5-2-1-4-10(11)15(14(20)23)7-3-8-21(15)13(22)12-6-9-24-12/h1-2,4-5,12H,3,6-9H2,(H2,20,23). The zero-order chi connectivity index (χ0) is 18.2. The van der Waals surface area contributed by atoms with Gasteiger partial charge in [0.1, 0.15) is 11.9 Å². The van der Waals surface area contributed by atoms with E-state index in [1.54, 1.807) is 0 Å². The van der Waals surface area contributed by atoms with Crippen LogP contribution in [0.4, 0.5) is 13.2 Å². The van der Waals surface area contributed by atoms with Crippen LogP contribution in [0, 0.1) is 0 Å². The van der Waals surface area contributed by atoms with Crippen LogP contribution in [0.1, 0.15) is 24.8 Å². The summed E-state index contributed by atoms with van der Waals surface area (Å²) in [5.41, 5.74) is 3.83. The van der Waals surface area contributed by atoms with Crippen molar-refractivity contribution in [3.8, 4) is 5.75 Å². The Morgan fingerprint density at radius 2 is 2.00 bits per heavy atom. The second-order valence-electron chi connectivity index (χ2n) is 6.01. The van der Waals surface area contributed by atoms with Gasteiger partial charge in [0.05, 0.1) is 6.61 Å². The molecule has 0 bridgehead atoms. The Balaban J connectivity index is 2.06. The Morgan fingerprint density at radius 1 is 1.32 bits per heavy atom. The van der Waals surface area contributed by atoms with Gasteiger partial charge in [0, 0.05) is 18.5 Å². The normalized spacial score (nSPS) is 26.2. The molecule has 1 aromatic carbocycles. The van der Waals surface area contributed by atoms with Gasteiger partial charge in [0.25, 0.3) is 5.91 Å². The second-order valence-corrected chi connectivity index (χ2v) is 6.01. The fraction of sp³-hybridized carbons (Fsp3) is 0.500. The van der Waals surface area contributed by atoms with Crippen LogP contribution in [0.5, 0.6) is 5.75 Å². The summed E-state index contributed by atoms with van der Waals surface area (Å²) in [7, 11) is 0. The molecule has 0 aliphatic carbocycles. The molecule has 2 saturated heterocycles. The fourth-order valence-electron chi connectivity index (χ4n) is 3.41. The number of amides is 2. The van der Waals surface area contributed by atoms with E-state index in [2.05, 4.69) is 4.74 Å². The molecule has 3 rings (SSSR count). The lowest BCUT2D eigenvalue weighted by molar-refractivity contribution is -0.275. The molecule has 2 aliphatic rings. The number of nitrogens with two attached hydrogens (primary N) is 1. The lowest BCUT2D eigenvalue weighted by atomic mass is 9.85. The molecule has 2 aliphatic heterocycles. The van der Waals surface area contributed by atoms with Crippen molar-refractivity contribution in [3.63, 3.8) is 0 Å². The lowest BCUT2D eigenvalue weighted by Gasteiger charge is -2.40. The van der Waals surface area contributed by atoms with Gasteiger partial charge >= 0.3 is 6.36 Å². The van der Waals surface area contributed by atoms with E-state index in [1.807, 2.05) is 0 Å². The maximum absolute atomic E-state index is 12.7. The number of benzene rings is 1. The smallest absolute Gasteiger partial charge is 0.405 e. The van der Waals surface area contributed by atoms with Crippen LogP contribution in [-0.4, -0.2) is 42.3 Å². The molecule has 2 fully saturated rings. The van der Waals surface area contributed by atoms with E-state index >= 15 is 0 Å². The average molecular weight is 358 g/mol. The Kier molecular flexibility index (Phi) is 4.36. The Morgan fingerprint density at radius 3 is 2.56 bits per heavy atom. The number of carbonyl (C=O) groups is 2. The molecule has 0 saturated carbocycles. The van der Waals surface area contributed by atoms with Crippen LogP contribution >= 0.6 is 0 Å². The first-order valence-electron chi connectivity index (χ1n) is 7.84. The summed E-state index contributed by atoms with van der Waals surface area (Å²) < 4.78 is 47.5. The van der Waals surface area contributed by atoms with Crippen LogP contribution in [0.3, 0.4) is 0 Å². The number of halogens is 3. The second kappa shape index (κ2) is 6.21. The van der Waals surface area contributed by atoms with Crippen molar-refractivity contribution in [3.05, 3.63) is 29.8 Å². The molecule has 0 aromatic heterocycles. The minimum Gasteiger partial charge on any atom is -0.405 e. The van der Waals surface area contributed by atoms with E-state index in [9.17, 15) is 22.8 Å². The van der Waals surface area contributed by atoms with Gasteiger partial charge < -0.3 is 20.1 Å². The first-order chi connectivity index (χ1) is 11.8. The van der Waals surface area contributed by atoms with Crippen LogP contribution in [-0.2, 0) is 19.9 Å². The zero-order valence-corrected chi connectivity index (χ0v) is 13.2. The predicted octanol–water partition coefficient (Wildman–Crippen LogP) is 1.68. The molecule has 2 amide bonds. The quantitative estimate of drug-likeness (QED) is 0.888. The van der Waals surface area contributed by atoms with Gasteiger partial charge in [-0.05, 0) is 18.9 Å². The van der Waals surface area contributed by atoms with Gasteiger partial charge in [-0.1, -0.05) is 18.2 Å².